The number of benzene rings is 1. The molecule has 2 aromatic rings. The summed E-state index contributed by atoms with van der Waals surface area (Å²) in [5.74, 6) is 1.40. The van der Waals surface area contributed by atoms with E-state index in [2.05, 4.69) is 35.4 Å². The van der Waals surface area contributed by atoms with Gasteiger partial charge in [0.05, 0.1) is 17.6 Å². The van der Waals surface area contributed by atoms with E-state index in [1.165, 1.54) is 36.9 Å². The molecule has 1 fully saturated rings. The molecule has 0 amide bonds. The van der Waals surface area contributed by atoms with Crippen LogP contribution in [0.3, 0.4) is 0 Å². The standard InChI is InChI=1S/C19H26N4/c1-14-7-2-5-10-16(14)19-22-13-17(21-12-6-11-20)18(23-19)15-8-3-4-9-15/h2,5,7,10,13,15,21H,3-4,6,8-9,11-12,20H2,1H3. The largest absolute Gasteiger partial charge is 0.382 e. The van der Waals surface area contributed by atoms with Crippen LogP contribution in [-0.4, -0.2) is 23.1 Å². The maximum absolute atomic E-state index is 5.60. The smallest absolute Gasteiger partial charge is 0.159 e. The molecule has 0 saturated heterocycles. The molecule has 23 heavy (non-hydrogen) atoms. The van der Waals surface area contributed by atoms with E-state index in [0.717, 1.165) is 30.0 Å². The molecular weight excluding hydrogens is 284 g/mol. The first kappa shape index (κ1) is 15.9. The number of aryl methyl sites for hydroxylation is 1. The van der Waals surface area contributed by atoms with Gasteiger partial charge in [-0.1, -0.05) is 37.1 Å². The zero-order valence-corrected chi connectivity index (χ0v) is 13.9. The summed E-state index contributed by atoms with van der Waals surface area (Å²) in [6, 6.07) is 8.32. The second-order valence-corrected chi connectivity index (χ2v) is 6.36. The summed E-state index contributed by atoms with van der Waals surface area (Å²) in [5.41, 5.74) is 10.2. The van der Waals surface area contributed by atoms with E-state index < -0.39 is 0 Å². The lowest BCUT2D eigenvalue weighted by atomic mass is 10.0. The topological polar surface area (TPSA) is 63.8 Å². The van der Waals surface area contributed by atoms with Crippen molar-refractivity contribution in [1.82, 2.24) is 9.97 Å². The van der Waals surface area contributed by atoms with Crippen LogP contribution in [0.1, 0.15) is 49.3 Å². The molecule has 3 N–H and O–H groups in total. The van der Waals surface area contributed by atoms with Crippen molar-refractivity contribution in [3.63, 3.8) is 0 Å². The van der Waals surface area contributed by atoms with Crippen molar-refractivity contribution in [1.29, 1.82) is 0 Å². The molecule has 1 aliphatic rings. The fourth-order valence-corrected chi connectivity index (χ4v) is 3.32. The minimum Gasteiger partial charge on any atom is -0.382 e. The molecule has 3 rings (SSSR count). The van der Waals surface area contributed by atoms with Crippen molar-refractivity contribution >= 4 is 5.69 Å². The van der Waals surface area contributed by atoms with Crippen LogP contribution in [0.4, 0.5) is 5.69 Å². The summed E-state index contributed by atoms with van der Waals surface area (Å²) in [7, 11) is 0. The molecule has 0 aliphatic heterocycles. The van der Waals surface area contributed by atoms with Gasteiger partial charge in [0.2, 0.25) is 0 Å². The molecule has 0 atom stereocenters. The van der Waals surface area contributed by atoms with E-state index >= 15 is 0 Å². The molecule has 0 bridgehead atoms. The zero-order chi connectivity index (χ0) is 16.1. The Hall–Kier alpha value is -1.94. The molecule has 0 unspecified atom stereocenters. The molecule has 122 valence electrons. The number of hydrogen-bond donors (Lipinski definition) is 2. The number of hydrogen-bond acceptors (Lipinski definition) is 4. The van der Waals surface area contributed by atoms with Crippen molar-refractivity contribution in [3.8, 4) is 11.4 Å². The third-order valence-electron chi connectivity index (χ3n) is 4.64. The molecule has 1 aliphatic carbocycles. The highest BCUT2D eigenvalue weighted by Crippen LogP contribution is 2.37. The fourth-order valence-electron chi connectivity index (χ4n) is 3.32. The number of nitrogens with zero attached hydrogens (tertiary/aromatic N) is 2. The van der Waals surface area contributed by atoms with Crippen LogP contribution in [-0.2, 0) is 0 Å². The summed E-state index contributed by atoms with van der Waals surface area (Å²) in [4.78, 5) is 9.58. The Morgan fingerprint density at radius 1 is 1.22 bits per heavy atom. The average Bonchev–Trinajstić information content (AvgIpc) is 3.10. The molecule has 1 aromatic heterocycles. The van der Waals surface area contributed by atoms with E-state index in [-0.39, 0.29) is 0 Å². The van der Waals surface area contributed by atoms with Gasteiger partial charge in [0.25, 0.3) is 0 Å². The van der Waals surface area contributed by atoms with Gasteiger partial charge in [-0.3, -0.25) is 0 Å². The lowest BCUT2D eigenvalue weighted by Gasteiger charge is -2.17. The van der Waals surface area contributed by atoms with Gasteiger partial charge < -0.3 is 11.1 Å². The highest BCUT2D eigenvalue weighted by Gasteiger charge is 2.22. The monoisotopic (exact) mass is 310 g/mol. The highest BCUT2D eigenvalue weighted by molar-refractivity contribution is 5.62. The van der Waals surface area contributed by atoms with Crippen LogP contribution in [0.15, 0.2) is 30.5 Å². The molecule has 0 radical (unpaired) electrons. The lowest BCUT2D eigenvalue weighted by molar-refractivity contribution is 0.695. The predicted octanol–water partition coefficient (Wildman–Crippen LogP) is 3.87. The van der Waals surface area contributed by atoms with Crippen LogP contribution in [0.5, 0.6) is 0 Å². The van der Waals surface area contributed by atoms with E-state index in [1.54, 1.807) is 0 Å². The van der Waals surface area contributed by atoms with Crippen LogP contribution < -0.4 is 11.1 Å². The summed E-state index contributed by atoms with van der Waals surface area (Å²) < 4.78 is 0. The second-order valence-electron chi connectivity index (χ2n) is 6.36. The van der Waals surface area contributed by atoms with Crippen molar-refractivity contribution < 1.29 is 0 Å². The van der Waals surface area contributed by atoms with Gasteiger partial charge in [-0.05, 0) is 38.3 Å². The van der Waals surface area contributed by atoms with Crippen molar-refractivity contribution in [2.45, 2.75) is 44.9 Å². The number of anilines is 1. The van der Waals surface area contributed by atoms with Gasteiger partial charge in [-0.2, -0.15) is 0 Å². The maximum atomic E-state index is 5.60. The third-order valence-corrected chi connectivity index (χ3v) is 4.64. The Bertz CT molecular complexity index is 648. The number of nitrogens with two attached hydrogens (primary N) is 1. The van der Waals surface area contributed by atoms with Crippen molar-refractivity contribution in [2.24, 2.45) is 5.73 Å². The number of aromatic nitrogens is 2. The van der Waals surface area contributed by atoms with Gasteiger partial charge in [0.15, 0.2) is 5.82 Å². The summed E-state index contributed by atoms with van der Waals surface area (Å²) in [6.07, 6.45) is 7.99. The van der Waals surface area contributed by atoms with Gasteiger partial charge in [0.1, 0.15) is 0 Å². The Labute approximate surface area is 138 Å². The van der Waals surface area contributed by atoms with Gasteiger partial charge >= 0.3 is 0 Å². The SMILES string of the molecule is Cc1ccccc1-c1ncc(NCCCN)c(C2CCCC2)n1. The third kappa shape index (κ3) is 3.70. The summed E-state index contributed by atoms with van der Waals surface area (Å²) in [5, 5.41) is 3.48. The van der Waals surface area contributed by atoms with E-state index in [1.807, 2.05) is 12.3 Å². The molecule has 4 nitrogen and oxygen atoms in total. The molecule has 1 aromatic carbocycles. The van der Waals surface area contributed by atoms with Crippen LogP contribution in [0.25, 0.3) is 11.4 Å². The highest BCUT2D eigenvalue weighted by atomic mass is 15.0. The van der Waals surface area contributed by atoms with E-state index in [4.69, 9.17) is 10.7 Å². The van der Waals surface area contributed by atoms with Gasteiger partial charge in [-0.15, -0.1) is 0 Å². The molecule has 4 heteroatoms. The summed E-state index contributed by atoms with van der Waals surface area (Å²) in [6.45, 7) is 3.69. The molecular formula is C19H26N4. The minimum atomic E-state index is 0.557. The Morgan fingerprint density at radius 2 is 2.00 bits per heavy atom. The lowest BCUT2D eigenvalue weighted by Crippen LogP contribution is -2.12. The van der Waals surface area contributed by atoms with Crippen molar-refractivity contribution in [3.05, 3.63) is 41.7 Å². The first-order valence-electron chi connectivity index (χ1n) is 8.66. The Kier molecular flexibility index (Phi) is 5.23. The predicted molar refractivity (Wildman–Crippen MR) is 95.6 cm³/mol. The van der Waals surface area contributed by atoms with E-state index in [9.17, 15) is 0 Å². The van der Waals surface area contributed by atoms with Crippen LogP contribution >= 0.6 is 0 Å². The molecule has 1 heterocycles. The summed E-state index contributed by atoms with van der Waals surface area (Å²) >= 11 is 0. The average molecular weight is 310 g/mol. The Balaban J connectivity index is 1.94. The first-order chi connectivity index (χ1) is 11.3. The van der Waals surface area contributed by atoms with Crippen LogP contribution in [0, 0.1) is 6.92 Å². The maximum Gasteiger partial charge on any atom is 0.159 e. The Morgan fingerprint density at radius 3 is 2.74 bits per heavy atom. The second kappa shape index (κ2) is 7.55. The quantitative estimate of drug-likeness (QED) is 0.795. The fraction of sp³-hybridized carbons (Fsp3) is 0.474. The van der Waals surface area contributed by atoms with Gasteiger partial charge in [0, 0.05) is 18.0 Å². The normalized spacial score (nSPS) is 15.0. The number of nitrogens with one attached hydrogen (secondary N) is 1. The van der Waals surface area contributed by atoms with Gasteiger partial charge in [-0.25, -0.2) is 9.97 Å². The van der Waals surface area contributed by atoms with E-state index in [0.29, 0.717) is 12.5 Å². The number of rotatable bonds is 6. The molecule has 0 spiro atoms. The minimum absolute atomic E-state index is 0.557. The first-order valence-corrected chi connectivity index (χ1v) is 8.66. The molecule has 1 saturated carbocycles. The van der Waals surface area contributed by atoms with Crippen LogP contribution in [0.2, 0.25) is 0 Å². The van der Waals surface area contributed by atoms with Crippen molar-refractivity contribution in [2.75, 3.05) is 18.4 Å². The zero-order valence-electron chi connectivity index (χ0n) is 13.9.